The summed E-state index contributed by atoms with van der Waals surface area (Å²) < 4.78 is 5.13. The van der Waals surface area contributed by atoms with E-state index in [1.807, 2.05) is 29.6 Å². The van der Waals surface area contributed by atoms with Gasteiger partial charge in [0, 0.05) is 16.4 Å². The van der Waals surface area contributed by atoms with E-state index >= 15 is 0 Å². The van der Waals surface area contributed by atoms with E-state index in [0.29, 0.717) is 16.3 Å². The Balaban J connectivity index is 1.55. The summed E-state index contributed by atoms with van der Waals surface area (Å²) in [7, 11) is 1.44. The maximum atomic E-state index is 12.1. The number of ether oxygens (including phenoxy) is 1. The minimum atomic E-state index is -0.940. The fourth-order valence-electron chi connectivity index (χ4n) is 2.66. The van der Waals surface area contributed by atoms with E-state index in [1.54, 1.807) is 35.6 Å². The number of aliphatic hydroxyl groups excluding tert-OH is 1. The Kier molecular flexibility index (Phi) is 6.87. The maximum absolute atomic E-state index is 12.1. The number of carbonyl (C=O) groups is 2. The predicted octanol–water partition coefficient (Wildman–Crippen LogP) is 3.87. The van der Waals surface area contributed by atoms with Crippen molar-refractivity contribution in [3.63, 3.8) is 0 Å². The van der Waals surface area contributed by atoms with Gasteiger partial charge in [0.05, 0.1) is 18.9 Å². The SMILES string of the molecule is COc1ccc(Cl)cc1NC(=O)C(=O)NCC(O)c1ccc(-c2cccs2)cc1. The van der Waals surface area contributed by atoms with Gasteiger partial charge in [-0.3, -0.25) is 9.59 Å². The van der Waals surface area contributed by atoms with Crippen molar-refractivity contribution in [3.05, 3.63) is 70.6 Å². The zero-order valence-electron chi connectivity index (χ0n) is 15.5. The summed E-state index contributed by atoms with van der Waals surface area (Å²) in [5, 5.41) is 17.6. The number of hydrogen-bond acceptors (Lipinski definition) is 5. The molecular weight excluding hydrogens is 412 g/mol. The van der Waals surface area contributed by atoms with Crippen molar-refractivity contribution in [3.8, 4) is 16.2 Å². The van der Waals surface area contributed by atoms with Crippen molar-refractivity contribution in [1.29, 1.82) is 0 Å². The molecule has 150 valence electrons. The van der Waals surface area contributed by atoms with Crippen LogP contribution in [0.2, 0.25) is 5.02 Å². The van der Waals surface area contributed by atoms with Gasteiger partial charge in [-0.1, -0.05) is 41.9 Å². The van der Waals surface area contributed by atoms with Crippen LogP contribution in [0.25, 0.3) is 10.4 Å². The highest BCUT2D eigenvalue weighted by atomic mass is 35.5. The van der Waals surface area contributed by atoms with Crippen LogP contribution in [-0.2, 0) is 9.59 Å². The van der Waals surface area contributed by atoms with Gasteiger partial charge in [0.15, 0.2) is 0 Å². The average Bonchev–Trinajstić information content (AvgIpc) is 3.27. The zero-order valence-corrected chi connectivity index (χ0v) is 17.1. The minimum Gasteiger partial charge on any atom is -0.495 e. The van der Waals surface area contributed by atoms with Crippen LogP contribution in [0.15, 0.2) is 60.0 Å². The van der Waals surface area contributed by atoms with Crippen LogP contribution >= 0.6 is 22.9 Å². The second-order valence-electron chi connectivity index (χ2n) is 6.12. The van der Waals surface area contributed by atoms with Gasteiger partial charge < -0.3 is 20.5 Å². The number of thiophene rings is 1. The number of benzene rings is 2. The molecule has 0 aliphatic rings. The third kappa shape index (κ3) is 5.35. The highest BCUT2D eigenvalue weighted by Crippen LogP contribution is 2.28. The fourth-order valence-corrected chi connectivity index (χ4v) is 3.56. The maximum Gasteiger partial charge on any atom is 0.313 e. The van der Waals surface area contributed by atoms with Crippen LogP contribution in [0.3, 0.4) is 0 Å². The van der Waals surface area contributed by atoms with E-state index < -0.39 is 17.9 Å². The summed E-state index contributed by atoms with van der Waals surface area (Å²) in [6.07, 6.45) is -0.940. The third-order valence-electron chi connectivity index (χ3n) is 4.17. The number of methoxy groups -OCH3 is 1. The van der Waals surface area contributed by atoms with Gasteiger partial charge in [-0.25, -0.2) is 0 Å². The monoisotopic (exact) mass is 430 g/mol. The van der Waals surface area contributed by atoms with Crippen molar-refractivity contribution in [2.24, 2.45) is 0 Å². The molecule has 1 heterocycles. The molecule has 29 heavy (non-hydrogen) atoms. The Bertz CT molecular complexity index is 990. The van der Waals surface area contributed by atoms with Gasteiger partial charge in [-0.05, 0) is 40.8 Å². The molecule has 1 atom stereocenters. The van der Waals surface area contributed by atoms with Crippen LogP contribution in [0.1, 0.15) is 11.7 Å². The summed E-state index contributed by atoms with van der Waals surface area (Å²) in [5.41, 5.74) is 1.97. The van der Waals surface area contributed by atoms with E-state index in [1.165, 1.54) is 13.2 Å². The number of amides is 2. The smallest absolute Gasteiger partial charge is 0.313 e. The Morgan fingerprint density at radius 2 is 1.90 bits per heavy atom. The topological polar surface area (TPSA) is 87.7 Å². The molecule has 1 unspecified atom stereocenters. The largest absolute Gasteiger partial charge is 0.495 e. The molecule has 2 amide bonds. The number of hydrogen-bond donors (Lipinski definition) is 3. The van der Waals surface area contributed by atoms with Gasteiger partial charge >= 0.3 is 11.8 Å². The van der Waals surface area contributed by atoms with Crippen molar-refractivity contribution >= 4 is 40.4 Å². The molecule has 0 radical (unpaired) electrons. The number of nitrogens with one attached hydrogen (secondary N) is 2. The van der Waals surface area contributed by atoms with Gasteiger partial charge in [0.2, 0.25) is 0 Å². The number of rotatable bonds is 6. The van der Waals surface area contributed by atoms with Crippen LogP contribution in [0.4, 0.5) is 5.69 Å². The van der Waals surface area contributed by atoms with Gasteiger partial charge in [0.1, 0.15) is 5.75 Å². The van der Waals surface area contributed by atoms with Gasteiger partial charge in [-0.15, -0.1) is 11.3 Å². The van der Waals surface area contributed by atoms with Gasteiger partial charge in [0.25, 0.3) is 0 Å². The van der Waals surface area contributed by atoms with Gasteiger partial charge in [-0.2, -0.15) is 0 Å². The standard InChI is InChI=1S/C21H19ClN2O4S/c1-28-18-9-8-15(22)11-16(18)24-21(27)20(26)23-12-17(25)13-4-6-14(7-5-13)19-3-2-10-29-19/h2-11,17,25H,12H2,1H3,(H,23,26)(H,24,27). The molecule has 0 fully saturated rings. The summed E-state index contributed by atoms with van der Waals surface area (Å²) in [5.74, 6) is -1.38. The minimum absolute atomic E-state index is 0.0999. The number of aliphatic hydroxyl groups is 1. The molecular formula is C21H19ClN2O4S. The molecule has 3 rings (SSSR count). The second-order valence-corrected chi connectivity index (χ2v) is 7.51. The molecule has 0 bridgehead atoms. The predicted molar refractivity (Wildman–Crippen MR) is 114 cm³/mol. The third-order valence-corrected chi connectivity index (χ3v) is 5.33. The fraction of sp³-hybridized carbons (Fsp3) is 0.143. The van der Waals surface area contributed by atoms with Crippen LogP contribution < -0.4 is 15.4 Å². The Hall–Kier alpha value is -2.87. The lowest BCUT2D eigenvalue weighted by molar-refractivity contribution is -0.136. The van der Waals surface area contributed by atoms with Crippen LogP contribution in [0.5, 0.6) is 5.75 Å². The van der Waals surface area contributed by atoms with E-state index in [-0.39, 0.29) is 12.2 Å². The molecule has 3 aromatic rings. The molecule has 0 aliphatic heterocycles. The Labute approximate surface area is 177 Å². The number of halogens is 1. The lowest BCUT2D eigenvalue weighted by Gasteiger charge is -2.13. The molecule has 0 spiro atoms. The van der Waals surface area contributed by atoms with Crippen LogP contribution in [-0.4, -0.2) is 30.6 Å². The molecule has 2 aromatic carbocycles. The highest BCUT2D eigenvalue weighted by molar-refractivity contribution is 7.13. The Morgan fingerprint density at radius 1 is 1.14 bits per heavy atom. The zero-order chi connectivity index (χ0) is 20.8. The number of anilines is 1. The summed E-state index contributed by atoms with van der Waals surface area (Å²) in [6, 6.07) is 16.1. The first-order valence-corrected chi connectivity index (χ1v) is 9.98. The van der Waals surface area contributed by atoms with Crippen molar-refractivity contribution < 1.29 is 19.4 Å². The lowest BCUT2D eigenvalue weighted by atomic mass is 10.1. The summed E-state index contributed by atoms with van der Waals surface area (Å²) in [6.45, 7) is -0.0999. The summed E-state index contributed by atoms with van der Waals surface area (Å²) >= 11 is 7.54. The lowest BCUT2D eigenvalue weighted by Crippen LogP contribution is -2.37. The number of carbonyl (C=O) groups excluding carboxylic acids is 2. The quantitative estimate of drug-likeness (QED) is 0.518. The van der Waals surface area contributed by atoms with Crippen molar-refractivity contribution in [1.82, 2.24) is 5.32 Å². The highest BCUT2D eigenvalue weighted by Gasteiger charge is 2.18. The van der Waals surface area contributed by atoms with Crippen molar-refractivity contribution in [2.45, 2.75) is 6.10 Å². The van der Waals surface area contributed by atoms with E-state index in [0.717, 1.165) is 10.4 Å². The second kappa shape index (κ2) is 9.56. The molecule has 0 saturated carbocycles. The van der Waals surface area contributed by atoms with Crippen molar-refractivity contribution in [2.75, 3.05) is 19.0 Å². The first-order valence-electron chi connectivity index (χ1n) is 8.72. The van der Waals surface area contributed by atoms with E-state index in [2.05, 4.69) is 10.6 Å². The average molecular weight is 431 g/mol. The summed E-state index contributed by atoms with van der Waals surface area (Å²) in [4.78, 5) is 25.3. The van der Waals surface area contributed by atoms with E-state index in [9.17, 15) is 14.7 Å². The van der Waals surface area contributed by atoms with Crippen LogP contribution in [0, 0.1) is 0 Å². The molecule has 0 saturated heterocycles. The first-order chi connectivity index (χ1) is 14.0. The normalized spacial score (nSPS) is 11.6. The molecule has 1 aromatic heterocycles. The Morgan fingerprint density at radius 3 is 2.55 bits per heavy atom. The van der Waals surface area contributed by atoms with E-state index in [4.69, 9.17) is 16.3 Å². The molecule has 8 heteroatoms. The molecule has 3 N–H and O–H groups in total. The first kappa shape index (κ1) is 20.9. The molecule has 0 aliphatic carbocycles. The molecule has 6 nitrogen and oxygen atoms in total.